The highest BCUT2D eigenvalue weighted by molar-refractivity contribution is 5.92. The topological polar surface area (TPSA) is 35.5 Å². The first kappa shape index (κ1) is 15.5. The maximum Gasteiger partial charge on any atom is 0.337 e. The molecule has 0 bridgehead atoms. The highest BCUT2D eigenvalue weighted by Gasteiger charge is 2.20. The number of hydrogen-bond donors (Lipinski definition) is 0. The van der Waals surface area contributed by atoms with Gasteiger partial charge in [0.15, 0.2) is 0 Å². The second kappa shape index (κ2) is 6.80. The molecule has 0 fully saturated rings. The lowest BCUT2D eigenvalue weighted by Crippen LogP contribution is -2.10. The Balaban J connectivity index is 2.15. The number of esters is 1. The second-order valence-electron chi connectivity index (χ2n) is 5.64. The van der Waals surface area contributed by atoms with Crippen molar-refractivity contribution in [2.24, 2.45) is 0 Å². The summed E-state index contributed by atoms with van der Waals surface area (Å²) in [5.74, 6) is -0.315. The quantitative estimate of drug-likeness (QED) is 0.804. The molecule has 1 aliphatic rings. The predicted octanol–water partition coefficient (Wildman–Crippen LogP) is 3.87. The van der Waals surface area contributed by atoms with Gasteiger partial charge in [0.25, 0.3) is 0 Å². The Morgan fingerprint density at radius 1 is 1.04 bits per heavy atom. The Bertz CT molecular complexity index is 759. The van der Waals surface area contributed by atoms with Crippen molar-refractivity contribution < 1.29 is 14.3 Å². The number of carbonyl (C=O) groups excluding carboxylic acids is 1. The van der Waals surface area contributed by atoms with Crippen molar-refractivity contribution in [1.29, 1.82) is 0 Å². The van der Waals surface area contributed by atoms with E-state index in [4.69, 9.17) is 9.47 Å². The van der Waals surface area contributed by atoms with Crippen LogP contribution in [0.2, 0.25) is 0 Å². The van der Waals surface area contributed by atoms with Gasteiger partial charge in [0.1, 0.15) is 0 Å². The van der Waals surface area contributed by atoms with E-state index in [-0.39, 0.29) is 5.97 Å². The van der Waals surface area contributed by atoms with Crippen LogP contribution in [-0.2, 0) is 15.9 Å². The molecule has 0 spiro atoms. The summed E-state index contributed by atoms with van der Waals surface area (Å²) in [6, 6.07) is 16.1. The smallest absolute Gasteiger partial charge is 0.337 e. The molecule has 2 aromatic rings. The van der Waals surface area contributed by atoms with Crippen molar-refractivity contribution in [2.45, 2.75) is 12.8 Å². The maximum absolute atomic E-state index is 11.8. The van der Waals surface area contributed by atoms with Gasteiger partial charge in [-0.1, -0.05) is 36.4 Å². The van der Waals surface area contributed by atoms with Crippen molar-refractivity contribution in [3.63, 3.8) is 0 Å². The zero-order valence-electron chi connectivity index (χ0n) is 13.5. The van der Waals surface area contributed by atoms with E-state index in [1.165, 1.54) is 29.4 Å². The molecule has 0 saturated carbocycles. The molecule has 0 unspecified atom stereocenters. The number of hydrogen-bond acceptors (Lipinski definition) is 3. The molecular formula is C20H20O3. The highest BCUT2D eigenvalue weighted by Crippen LogP contribution is 2.36. The SMILES string of the molecule is COCC1=C(c2cccc(C(=O)OC)c2)c2ccccc2CC1. The van der Waals surface area contributed by atoms with Crippen LogP contribution < -0.4 is 0 Å². The standard InChI is InChI=1S/C20H20O3/c1-22-13-17-11-10-14-6-3-4-9-18(14)19(17)15-7-5-8-16(12-15)20(21)23-2/h3-9,12H,10-11,13H2,1-2H3. The number of benzene rings is 2. The Labute approximate surface area is 136 Å². The van der Waals surface area contributed by atoms with Crippen LogP contribution in [0.3, 0.4) is 0 Å². The van der Waals surface area contributed by atoms with Crippen LogP contribution in [0.25, 0.3) is 5.57 Å². The van der Waals surface area contributed by atoms with Crippen LogP contribution in [0.1, 0.15) is 33.5 Å². The Morgan fingerprint density at radius 2 is 1.87 bits per heavy atom. The van der Waals surface area contributed by atoms with Crippen LogP contribution >= 0.6 is 0 Å². The Kier molecular flexibility index (Phi) is 4.58. The van der Waals surface area contributed by atoms with E-state index in [2.05, 4.69) is 24.3 Å². The second-order valence-corrected chi connectivity index (χ2v) is 5.64. The van der Waals surface area contributed by atoms with E-state index >= 15 is 0 Å². The third kappa shape index (κ3) is 3.06. The molecule has 0 saturated heterocycles. The molecule has 2 aromatic carbocycles. The number of methoxy groups -OCH3 is 2. The molecule has 0 atom stereocenters. The van der Waals surface area contributed by atoms with Gasteiger partial charge in [-0.15, -0.1) is 0 Å². The fourth-order valence-electron chi connectivity index (χ4n) is 3.18. The molecule has 0 aromatic heterocycles. The molecule has 1 aliphatic carbocycles. The van der Waals surface area contributed by atoms with Gasteiger partial charge in [0, 0.05) is 7.11 Å². The Morgan fingerprint density at radius 3 is 2.65 bits per heavy atom. The van der Waals surface area contributed by atoms with Crippen LogP contribution in [-0.4, -0.2) is 26.8 Å². The van der Waals surface area contributed by atoms with Crippen molar-refractivity contribution in [1.82, 2.24) is 0 Å². The number of fused-ring (bicyclic) bond motifs is 1. The summed E-state index contributed by atoms with van der Waals surface area (Å²) >= 11 is 0. The molecule has 3 nitrogen and oxygen atoms in total. The first-order valence-electron chi connectivity index (χ1n) is 7.72. The molecule has 118 valence electrons. The first-order chi connectivity index (χ1) is 11.2. The number of ether oxygens (including phenoxy) is 2. The van der Waals surface area contributed by atoms with Crippen LogP contribution in [0.4, 0.5) is 0 Å². The molecule has 3 rings (SSSR count). The average Bonchev–Trinajstić information content (AvgIpc) is 2.61. The molecule has 0 radical (unpaired) electrons. The zero-order chi connectivity index (χ0) is 16.2. The fraction of sp³-hybridized carbons (Fsp3) is 0.250. The van der Waals surface area contributed by atoms with Gasteiger partial charge in [0.2, 0.25) is 0 Å². The molecule has 0 heterocycles. The predicted molar refractivity (Wildman–Crippen MR) is 90.4 cm³/mol. The summed E-state index contributed by atoms with van der Waals surface area (Å²) < 4.78 is 10.2. The van der Waals surface area contributed by atoms with Crippen LogP contribution in [0.5, 0.6) is 0 Å². The lowest BCUT2D eigenvalue weighted by atomic mass is 9.82. The Hall–Kier alpha value is -2.39. The van der Waals surface area contributed by atoms with Crippen molar-refractivity contribution in [3.8, 4) is 0 Å². The third-order valence-corrected chi connectivity index (χ3v) is 4.23. The summed E-state index contributed by atoms with van der Waals surface area (Å²) in [5.41, 5.74) is 6.62. The zero-order valence-corrected chi connectivity index (χ0v) is 13.5. The monoisotopic (exact) mass is 308 g/mol. The van der Waals surface area contributed by atoms with Crippen molar-refractivity contribution in [3.05, 3.63) is 76.4 Å². The lowest BCUT2D eigenvalue weighted by Gasteiger charge is -2.24. The molecule has 0 aliphatic heterocycles. The van der Waals surface area contributed by atoms with Gasteiger partial charge in [-0.2, -0.15) is 0 Å². The average molecular weight is 308 g/mol. The maximum atomic E-state index is 11.8. The highest BCUT2D eigenvalue weighted by atomic mass is 16.5. The van der Waals surface area contributed by atoms with E-state index < -0.39 is 0 Å². The largest absolute Gasteiger partial charge is 0.465 e. The van der Waals surface area contributed by atoms with Crippen molar-refractivity contribution in [2.75, 3.05) is 20.8 Å². The summed E-state index contributed by atoms with van der Waals surface area (Å²) in [7, 11) is 3.12. The molecule has 23 heavy (non-hydrogen) atoms. The molecule has 0 N–H and O–H groups in total. The molecule has 3 heteroatoms. The summed E-state index contributed by atoms with van der Waals surface area (Å²) in [5, 5.41) is 0. The lowest BCUT2D eigenvalue weighted by molar-refractivity contribution is 0.0600. The van der Waals surface area contributed by atoms with E-state index in [0.29, 0.717) is 12.2 Å². The van der Waals surface area contributed by atoms with Gasteiger partial charge >= 0.3 is 5.97 Å². The van der Waals surface area contributed by atoms with Crippen LogP contribution in [0.15, 0.2) is 54.1 Å². The number of carbonyl (C=O) groups is 1. The normalized spacial score (nSPS) is 13.7. The minimum absolute atomic E-state index is 0.315. The number of rotatable bonds is 4. The minimum Gasteiger partial charge on any atom is -0.465 e. The van der Waals surface area contributed by atoms with E-state index in [1.54, 1.807) is 13.2 Å². The van der Waals surface area contributed by atoms with E-state index in [9.17, 15) is 4.79 Å². The molecule has 0 amide bonds. The van der Waals surface area contributed by atoms with Gasteiger partial charge in [-0.25, -0.2) is 4.79 Å². The van der Waals surface area contributed by atoms with E-state index in [1.807, 2.05) is 18.2 Å². The van der Waals surface area contributed by atoms with Crippen LogP contribution in [0, 0.1) is 0 Å². The molecular weight excluding hydrogens is 288 g/mol. The van der Waals surface area contributed by atoms with Gasteiger partial charge < -0.3 is 9.47 Å². The fourth-order valence-corrected chi connectivity index (χ4v) is 3.18. The summed E-state index contributed by atoms with van der Waals surface area (Å²) in [6.07, 6.45) is 2.00. The van der Waals surface area contributed by atoms with Gasteiger partial charge in [-0.3, -0.25) is 0 Å². The van der Waals surface area contributed by atoms with E-state index in [0.717, 1.165) is 18.4 Å². The summed E-state index contributed by atoms with van der Waals surface area (Å²) in [6.45, 7) is 0.603. The summed E-state index contributed by atoms with van der Waals surface area (Å²) in [4.78, 5) is 11.8. The third-order valence-electron chi connectivity index (χ3n) is 4.23. The minimum atomic E-state index is -0.315. The number of aryl methyl sites for hydroxylation is 1. The van der Waals surface area contributed by atoms with Crippen molar-refractivity contribution >= 4 is 11.5 Å². The van der Waals surface area contributed by atoms with Gasteiger partial charge in [0.05, 0.1) is 19.3 Å². The first-order valence-corrected chi connectivity index (χ1v) is 7.72. The van der Waals surface area contributed by atoms with Gasteiger partial charge in [-0.05, 0) is 52.8 Å².